The van der Waals surface area contributed by atoms with Crippen LogP contribution in [0.2, 0.25) is 0 Å². The number of nitrogens with zero attached hydrogens (tertiary/aromatic N) is 4. The van der Waals surface area contributed by atoms with Crippen molar-refractivity contribution in [3.63, 3.8) is 0 Å². The van der Waals surface area contributed by atoms with Crippen LogP contribution in [-0.2, 0) is 0 Å². The van der Waals surface area contributed by atoms with E-state index in [1.54, 1.807) is 0 Å². The van der Waals surface area contributed by atoms with Crippen LogP contribution in [0.15, 0.2) is 0 Å². The van der Waals surface area contributed by atoms with Gasteiger partial charge in [0.25, 0.3) is 0 Å². The van der Waals surface area contributed by atoms with Crippen molar-refractivity contribution in [1.82, 2.24) is 20.0 Å². The zero-order valence-electron chi connectivity index (χ0n) is 12.3. The molecule has 4 aliphatic heterocycles. The van der Waals surface area contributed by atoms with E-state index in [1.807, 2.05) is 0 Å². The summed E-state index contributed by atoms with van der Waals surface area (Å²) in [6.07, 6.45) is 8.66. The monoisotopic (exact) mass is 274 g/mol. The summed E-state index contributed by atoms with van der Waals surface area (Å²) in [5.74, 6) is 2.02. The molecule has 4 unspecified atom stereocenters. The number of hydrogen-bond donors (Lipinski definition) is 0. The van der Waals surface area contributed by atoms with E-state index in [2.05, 4.69) is 20.0 Å². The van der Waals surface area contributed by atoms with Gasteiger partial charge < -0.3 is 0 Å². The van der Waals surface area contributed by atoms with Gasteiger partial charge in [0.05, 0.1) is 0 Å². The molecular formula is C16H26N4. The first-order chi connectivity index (χ1) is 9.93. The van der Waals surface area contributed by atoms with Crippen molar-refractivity contribution in [2.24, 2.45) is 11.8 Å². The predicted molar refractivity (Wildman–Crippen MR) is 76.7 cm³/mol. The topological polar surface area (TPSA) is 13.0 Å². The molecule has 6 rings (SSSR count). The number of fused-ring (bicyclic) bond motifs is 6. The van der Waals surface area contributed by atoms with Gasteiger partial charge in [0.2, 0.25) is 0 Å². The van der Waals surface area contributed by atoms with E-state index in [0.717, 1.165) is 36.0 Å². The Kier molecular flexibility index (Phi) is 2.16. The first-order valence-corrected chi connectivity index (χ1v) is 9.00. The standard InChI is InChI=1S/C16H26N4/c1-2-6-18-12-10-14-16-13(19-7-3-4-8-20(14)19)9-11(15(12)16)17(18)5-1/h11-16H,1-10H2. The van der Waals surface area contributed by atoms with Gasteiger partial charge in [-0.25, -0.2) is 20.0 Å². The van der Waals surface area contributed by atoms with Crippen molar-refractivity contribution in [3.8, 4) is 0 Å². The third-order valence-electron chi connectivity index (χ3n) is 7.43. The molecule has 4 saturated heterocycles. The molecule has 0 aromatic heterocycles. The summed E-state index contributed by atoms with van der Waals surface area (Å²) >= 11 is 0. The summed E-state index contributed by atoms with van der Waals surface area (Å²) < 4.78 is 0. The van der Waals surface area contributed by atoms with Gasteiger partial charge in [-0.1, -0.05) is 0 Å². The molecule has 6 fully saturated rings. The van der Waals surface area contributed by atoms with Gasteiger partial charge in [-0.15, -0.1) is 0 Å². The zero-order valence-corrected chi connectivity index (χ0v) is 12.3. The lowest BCUT2D eigenvalue weighted by Crippen LogP contribution is -2.53. The molecule has 4 heteroatoms. The van der Waals surface area contributed by atoms with Crippen LogP contribution in [0.25, 0.3) is 0 Å². The molecule has 0 bridgehead atoms. The van der Waals surface area contributed by atoms with E-state index in [0.29, 0.717) is 0 Å². The average molecular weight is 274 g/mol. The van der Waals surface area contributed by atoms with Crippen molar-refractivity contribution in [2.75, 3.05) is 26.2 Å². The molecule has 110 valence electrons. The highest BCUT2D eigenvalue weighted by molar-refractivity contribution is 5.19. The maximum absolute atomic E-state index is 2.82. The largest absolute Gasteiger partial charge is 0.238 e. The van der Waals surface area contributed by atoms with Crippen LogP contribution in [-0.4, -0.2) is 70.4 Å². The lowest BCUT2D eigenvalue weighted by atomic mass is 9.93. The van der Waals surface area contributed by atoms with Crippen LogP contribution >= 0.6 is 0 Å². The Hall–Kier alpha value is -0.160. The Morgan fingerprint density at radius 3 is 1.05 bits per heavy atom. The fourth-order valence-corrected chi connectivity index (χ4v) is 6.98. The zero-order chi connectivity index (χ0) is 12.8. The van der Waals surface area contributed by atoms with Gasteiger partial charge in [0, 0.05) is 50.3 Å². The highest BCUT2D eigenvalue weighted by atomic mass is 15.7. The second-order valence-electron chi connectivity index (χ2n) is 7.96. The maximum atomic E-state index is 2.82. The molecule has 4 nitrogen and oxygen atoms in total. The van der Waals surface area contributed by atoms with E-state index in [4.69, 9.17) is 0 Å². The Morgan fingerprint density at radius 2 is 0.750 bits per heavy atom. The SMILES string of the molecule is C1CCN2C3CC4C5C3C(CC5N3CCCCN43)N2C1. The highest BCUT2D eigenvalue weighted by Crippen LogP contribution is 2.59. The highest BCUT2D eigenvalue weighted by Gasteiger charge is 2.68. The number of rotatable bonds is 0. The summed E-state index contributed by atoms with van der Waals surface area (Å²) in [5, 5.41) is 11.3. The van der Waals surface area contributed by atoms with Crippen LogP contribution in [0.5, 0.6) is 0 Å². The van der Waals surface area contributed by atoms with Crippen LogP contribution in [0.3, 0.4) is 0 Å². The van der Waals surface area contributed by atoms with Crippen LogP contribution in [0.1, 0.15) is 38.5 Å². The molecule has 0 amide bonds. The Balaban J connectivity index is 1.40. The molecule has 20 heavy (non-hydrogen) atoms. The molecule has 0 aromatic carbocycles. The smallest absolute Gasteiger partial charge is 0.0309 e. The van der Waals surface area contributed by atoms with Crippen molar-refractivity contribution >= 4 is 0 Å². The first kappa shape index (κ1) is 11.4. The average Bonchev–Trinajstić information content (AvgIpc) is 3.19. The molecule has 6 aliphatic rings. The minimum Gasteiger partial charge on any atom is -0.238 e. The van der Waals surface area contributed by atoms with Crippen molar-refractivity contribution < 1.29 is 0 Å². The molecule has 4 heterocycles. The van der Waals surface area contributed by atoms with Crippen LogP contribution < -0.4 is 0 Å². The summed E-state index contributed by atoms with van der Waals surface area (Å²) in [5.41, 5.74) is 0. The van der Waals surface area contributed by atoms with E-state index in [-0.39, 0.29) is 0 Å². The van der Waals surface area contributed by atoms with Gasteiger partial charge >= 0.3 is 0 Å². The summed E-state index contributed by atoms with van der Waals surface area (Å²) in [6, 6.07) is 3.63. The number of hydrazine groups is 2. The van der Waals surface area contributed by atoms with Crippen LogP contribution in [0, 0.1) is 11.8 Å². The van der Waals surface area contributed by atoms with Gasteiger partial charge in [-0.3, -0.25) is 0 Å². The third kappa shape index (κ3) is 1.17. The van der Waals surface area contributed by atoms with Gasteiger partial charge in [0.1, 0.15) is 0 Å². The van der Waals surface area contributed by atoms with Gasteiger partial charge in [-0.2, -0.15) is 0 Å². The van der Waals surface area contributed by atoms with Crippen molar-refractivity contribution in [3.05, 3.63) is 0 Å². The molecule has 2 aliphatic carbocycles. The van der Waals surface area contributed by atoms with Crippen molar-refractivity contribution in [1.29, 1.82) is 0 Å². The van der Waals surface area contributed by atoms with Gasteiger partial charge in [-0.05, 0) is 50.4 Å². The molecule has 4 atom stereocenters. The molecule has 0 aromatic rings. The fourth-order valence-electron chi connectivity index (χ4n) is 6.98. The Bertz CT molecular complexity index is 364. The second-order valence-corrected chi connectivity index (χ2v) is 7.96. The van der Waals surface area contributed by atoms with E-state index in [9.17, 15) is 0 Å². The molecule has 0 N–H and O–H groups in total. The van der Waals surface area contributed by atoms with Crippen molar-refractivity contribution in [2.45, 2.75) is 62.7 Å². The summed E-state index contributed by atoms with van der Waals surface area (Å²) in [4.78, 5) is 0. The maximum Gasteiger partial charge on any atom is 0.0309 e. The minimum atomic E-state index is 0.907. The predicted octanol–water partition coefficient (Wildman–Crippen LogP) is 1.15. The molecular weight excluding hydrogens is 248 g/mol. The normalized spacial score (nSPS) is 55.2. The summed E-state index contributed by atoms with van der Waals surface area (Å²) in [6.45, 7) is 5.41. The first-order valence-electron chi connectivity index (χ1n) is 9.00. The Morgan fingerprint density at radius 1 is 0.450 bits per heavy atom. The van der Waals surface area contributed by atoms with Gasteiger partial charge in [0.15, 0.2) is 0 Å². The van der Waals surface area contributed by atoms with Crippen LogP contribution in [0.4, 0.5) is 0 Å². The Labute approximate surface area is 121 Å². The molecule has 2 saturated carbocycles. The van der Waals surface area contributed by atoms with E-state index in [1.165, 1.54) is 64.7 Å². The fraction of sp³-hybridized carbons (Fsp3) is 1.00. The lowest BCUT2D eigenvalue weighted by molar-refractivity contribution is -0.0952. The van der Waals surface area contributed by atoms with E-state index < -0.39 is 0 Å². The third-order valence-corrected chi connectivity index (χ3v) is 7.43. The second kappa shape index (κ2) is 3.78. The minimum absolute atomic E-state index is 0.907. The molecule has 0 radical (unpaired) electrons. The lowest BCUT2D eigenvalue weighted by Gasteiger charge is -2.43. The summed E-state index contributed by atoms with van der Waals surface area (Å²) in [7, 11) is 0. The van der Waals surface area contributed by atoms with E-state index >= 15 is 0 Å². The number of hydrogen-bond acceptors (Lipinski definition) is 4. The quantitative estimate of drug-likeness (QED) is 0.657. The molecule has 0 spiro atoms.